The Morgan fingerprint density at radius 1 is 1.16 bits per heavy atom. The van der Waals surface area contributed by atoms with E-state index in [1.54, 1.807) is 7.11 Å². The molecule has 6 nitrogen and oxygen atoms in total. The zero-order valence-corrected chi connectivity index (χ0v) is 14.8. The number of rotatable bonds is 3. The average molecular weight is 349 g/mol. The Balaban J connectivity index is 1.44. The lowest BCUT2D eigenvalue weighted by atomic mass is 9.82. The summed E-state index contributed by atoms with van der Waals surface area (Å²) in [5, 5.41) is 10.4. The number of benzene rings is 1. The van der Waals surface area contributed by atoms with Crippen molar-refractivity contribution in [2.45, 2.75) is 43.9 Å². The maximum Gasteiger partial charge on any atom is 0.165 e. The second kappa shape index (κ2) is 7.02. The van der Waals surface area contributed by atoms with Crippen LogP contribution in [0.3, 0.4) is 0 Å². The summed E-state index contributed by atoms with van der Waals surface area (Å²) in [4.78, 5) is 2.39. The van der Waals surface area contributed by atoms with Crippen molar-refractivity contribution in [1.82, 2.24) is 4.90 Å². The van der Waals surface area contributed by atoms with Crippen molar-refractivity contribution in [3.63, 3.8) is 0 Å². The smallest absolute Gasteiger partial charge is 0.165 e. The molecule has 0 unspecified atom stereocenters. The Bertz CT molecular complexity index is 612. The van der Waals surface area contributed by atoms with E-state index in [4.69, 9.17) is 18.9 Å². The number of hydrogen-bond donors (Lipinski definition) is 1. The van der Waals surface area contributed by atoms with E-state index in [1.165, 1.54) is 0 Å². The largest absolute Gasteiger partial charge is 0.496 e. The molecule has 0 radical (unpaired) electrons. The lowest BCUT2D eigenvalue weighted by Crippen LogP contribution is -2.55. The van der Waals surface area contributed by atoms with Gasteiger partial charge in [0.1, 0.15) is 19.0 Å². The van der Waals surface area contributed by atoms with E-state index < -0.39 is 0 Å². The molecule has 0 aliphatic carbocycles. The molecule has 3 aliphatic heterocycles. The van der Waals surface area contributed by atoms with Crippen LogP contribution in [-0.4, -0.2) is 61.7 Å². The van der Waals surface area contributed by atoms with Crippen molar-refractivity contribution in [3.05, 3.63) is 17.7 Å². The molecule has 25 heavy (non-hydrogen) atoms. The summed E-state index contributed by atoms with van der Waals surface area (Å²) in [5.41, 5.74) is 0.777. The molecule has 0 saturated carbocycles. The number of aliphatic hydroxyl groups is 1. The summed E-state index contributed by atoms with van der Waals surface area (Å²) >= 11 is 0. The summed E-state index contributed by atoms with van der Waals surface area (Å²) in [6, 6.07) is 3.95. The monoisotopic (exact) mass is 349 g/mol. The first-order valence-corrected chi connectivity index (χ1v) is 9.21. The van der Waals surface area contributed by atoms with E-state index in [0.717, 1.165) is 74.7 Å². The Labute approximate surface area is 148 Å². The molecule has 0 amide bonds. The number of ether oxygens (including phenoxy) is 4. The summed E-state index contributed by atoms with van der Waals surface area (Å²) < 4.78 is 22.9. The number of aliphatic hydroxyl groups excluding tert-OH is 1. The Morgan fingerprint density at radius 3 is 2.56 bits per heavy atom. The molecule has 6 heteroatoms. The van der Waals surface area contributed by atoms with Crippen LogP contribution in [-0.2, 0) is 11.3 Å². The zero-order chi connectivity index (χ0) is 17.3. The minimum absolute atomic E-state index is 0.327. The van der Waals surface area contributed by atoms with Crippen molar-refractivity contribution in [2.75, 3.05) is 40.0 Å². The SMILES string of the molecule is COc1cc2c(cc1CN1CCC3(CC1)OCCC[C@@H]3O)OCCO2. The number of hydrogen-bond acceptors (Lipinski definition) is 6. The molecule has 1 atom stereocenters. The molecule has 3 heterocycles. The third-order valence-corrected chi connectivity index (χ3v) is 5.66. The normalized spacial score (nSPS) is 25.8. The summed E-state index contributed by atoms with van der Waals surface area (Å²) in [7, 11) is 1.69. The maximum atomic E-state index is 10.4. The van der Waals surface area contributed by atoms with E-state index in [9.17, 15) is 5.11 Å². The Morgan fingerprint density at radius 2 is 1.88 bits per heavy atom. The summed E-state index contributed by atoms with van der Waals surface area (Å²) in [5.74, 6) is 2.38. The van der Waals surface area contributed by atoms with E-state index in [0.29, 0.717) is 13.2 Å². The van der Waals surface area contributed by atoms with Gasteiger partial charge in [-0.05, 0) is 31.7 Å². The van der Waals surface area contributed by atoms with Gasteiger partial charge < -0.3 is 24.1 Å². The number of methoxy groups -OCH3 is 1. The van der Waals surface area contributed by atoms with Gasteiger partial charge in [-0.1, -0.05) is 0 Å². The van der Waals surface area contributed by atoms with Crippen molar-refractivity contribution >= 4 is 0 Å². The predicted octanol–water partition coefficient (Wildman–Crippen LogP) is 1.97. The van der Waals surface area contributed by atoms with Crippen molar-refractivity contribution in [1.29, 1.82) is 0 Å². The lowest BCUT2D eigenvalue weighted by Gasteiger charge is -2.46. The van der Waals surface area contributed by atoms with Crippen molar-refractivity contribution in [3.8, 4) is 17.2 Å². The van der Waals surface area contributed by atoms with Gasteiger partial charge in [-0.2, -0.15) is 0 Å². The van der Waals surface area contributed by atoms with Crippen LogP contribution in [0.15, 0.2) is 12.1 Å². The van der Waals surface area contributed by atoms with E-state index >= 15 is 0 Å². The van der Waals surface area contributed by atoms with Crippen LogP contribution in [0.25, 0.3) is 0 Å². The summed E-state index contributed by atoms with van der Waals surface area (Å²) in [6.07, 6.45) is 3.24. The Kier molecular flexibility index (Phi) is 4.75. The van der Waals surface area contributed by atoms with Gasteiger partial charge in [-0.25, -0.2) is 0 Å². The molecule has 0 aromatic heterocycles. The predicted molar refractivity (Wildman–Crippen MR) is 92.4 cm³/mol. The molecular formula is C19H27NO5. The van der Waals surface area contributed by atoms with Crippen molar-refractivity contribution in [2.24, 2.45) is 0 Å². The highest BCUT2D eigenvalue weighted by molar-refractivity contribution is 5.51. The molecule has 138 valence electrons. The molecule has 1 spiro atoms. The Hall–Kier alpha value is -1.50. The van der Waals surface area contributed by atoms with Gasteiger partial charge in [0.25, 0.3) is 0 Å². The molecule has 1 aromatic rings. The first kappa shape index (κ1) is 16.9. The molecule has 4 rings (SSSR count). The first-order valence-electron chi connectivity index (χ1n) is 9.21. The first-order chi connectivity index (χ1) is 12.2. The summed E-state index contributed by atoms with van der Waals surface area (Å²) in [6.45, 7) is 4.55. The molecule has 1 aromatic carbocycles. The number of nitrogens with zero attached hydrogens (tertiary/aromatic N) is 1. The highest BCUT2D eigenvalue weighted by atomic mass is 16.6. The van der Waals surface area contributed by atoms with Crippen LogP contribution in [0.5, 0.6) is 17.2 Å². The molecule has 2 fully saturated rings. The second-order valence-corrected chi connectivity index (χ2v) is 7.16. The number of likely N-dealkylation sites (tertiary alicyclic amines) is 1. The fourth-order valence-corrected chi connectivity index (χ4v) is 4.15. The van der Waals surface area contributed by atoms with Crippen LogP contribution in [0.1, 0.15) is 31.2 Å². The molecule has 1 N–H and O–H groups in total. The molecule has 2 saturated heterocycles. The van der Waals surface area contributed by atoms with Gasteiger partial charge in [0, 0.05) is 37.9 Å². The van der Waals surface area contributed by atoms with E-state index in [-0.39, 0.29) is 11.7 Å². The van der Waals surface area contributed by atoms with E-state index in [2.05, 4.69) is 4.90 Å². The van der Waals surface area contributed by atoms with Gasteiger partial charge >= 0.3 is 0 Å². The van der Waals surface area contributed by atoms with Crippen LogP contribution in [0.4, 0.5) is 0 Å². The molecule has 0 bridgehead atoms. The van der Waals surface area contributed by atoms with Crippen LogP contribution >= 0.6 is 0 Å². The van der Waals surface area contributed by atoms with Gasteiger partial charge in [-0.15, -0.1) is 0 Å². The highest BCUT2D eigenvalue weighted by Gasteiger charge is 2.43. The third kappa shape index (κ3) is 3.30. The third-order valence-electron chi connectivity index (χ3n) is 5.66. The number of piperidine rings is 1. The molecular weight excluding hydrogens is 322 g/mol. The van der Waals surface area contributed by atoms with Crippen LogP contribution in [0, 0.1) is 0 Å². The van der Waals surface area contributed by atoms with Gasteiger partial charge in [0.15, 0.2) is 11.5 Å². The quantitative estimate of drug-likeness (QED) is 0.900. The minimum atomic E-state index is -0.328. The fraction of sp³-hybridized carbons (Fsp3) is 0.684. The lowest BCUT2D eigenvalue weighted by molar-refractivity contribution is -0.177. The zero-order valence-electron chi connectivity index (χ0n) is 14.8. The molecule has 3 aliphatic rings. The highest BCUT2D eigenvalue weighted by Crippen LogP contribution is 2.39. The second-order valence-electron chi connectivity index (χ2n) is 7.16. The van der Waals surface area contributed by atoms with Crippen molar-refractivity contribution < 1.29 is 24.1 Å². The van der Waals surface area contributed by atoms with Crippen LogP contribution in [0.2, 0.25) is 0 Å². The topological polar surface area (TPSA) is 60.4 Å². The van der Waals surface area contributed by atoms with Crippen LogP contribution < -0.4 is 14.2 Å². The van der Waals surface area contributed by atoms with Gasteiger partial charge in [-0.3, -0.25) is 4.90 Å². The maximum absolute atomic E-state index is 10.4. The standard InChI is InChI=1S/C19H27NO5/c1-22-15-12-17-16(23-9-10-24-17)11-14(15)13-20-6-4-19(5-7-20)18(21)3-2-8-25-19/h11-12,18,21H,2-10,13H2,1H3/t18-/m0/s1. The van der Waals surface area contributed by atoms with Gasteiger partial charge in [0.05, 0.1) is 18.8 Å². The minimum Gasteiger partial charge on any atom is -0.496 e. The van der Waals surface area contributed by atoms with E-state index in [1.807, 2.05) is 12.1 Å². The fourth-order valence-electron chi connectivity index (χ4n) is 4.15. The van der Waals surface area contributed by atoms with Gasteiger partial charge in [0.2, 0.25) is 0 Å². The number of fused-ring (bicyclic) bond motifs is 1. The average Bonchev–Trinajstić information content (AvgIpc) is 2.65.